The maximum atomic E-state index is 13.1. The summed E-state index contributed by atoms with van der Waals surface area (Å²) in [5.74, 6) is 0.738. The van der Waals surface area contributed by atoms with Gasteiger partial charge in [-0.05, 0) is 38.0 Å². The van der Waals surface area contributed by atoms with Gasteiger partial charge in [-0.3, -0.25) is 4.79 Å². The predicted octanol–water partition coefficient (Wildman–Crippen LogP) is 3.13. The zero-order chi connectivity index (χ0) is 19.3. The number of amides is 1. The highest BCUT2D eigenvalue weighted by Crippen LogP contribution is 2.19. The molecule has 0 atom stereocenters. The van der Waals surface area contributed by atoms with Crippen LogP contribution in [0.5, 0.6) is 0 Å². The summed E-state index contributed by atoms with van der Waals surface area (Å²) < 4.78 is 0. The molecule has 28 heavy (non-hydrogen) atoms. The van der Waals surface area contributed by atoms with Crippen LogP contribution in [0.15, 0.2) is 36.4 Å². The van der Waals surface area contributed by atoms with E-state index in [9.17, 15) is 4.79 Å². The summed E-state index contributed by atoms with van der Waals surface area (Å²) in [6.45, 7) is 7.04. The molecule has 2 aromatic rings. The second-order valence-electron chi connectivity index (χ2n) is 7.71. The molecule has 0 spiro atoms. The van der Waals surface area contributed by atoms with Crippen LogP contribution < -0.4 is 9.80 Å². The third kappa shape index (κ3) is 4.26. The highest BCUT2D eigenvalue weighted by Gasteiger charge is 2.24. The molecular formula is C22H29N5O. The molecule has 0 unspecified atom stereocenters. The Hall–Kier alpha value is -2.63. The molecule has 0 aliphatic carbocycles. The predicted molar refractivity (Wildman–Crippen MR) is 112 cm³/mol. The molecule has 3 heterocycles. The Morgan fingerprint density at radius 3 is 2.18 bits per heavy atom. The van der Waals surface area contributed by atoms with Gasteiger partial charge in [-0.25, -0.2) is 9.97 Å². The van der Waals surface area contributed by atoms with E-state index in [1.807, 2.05) is 24.0 Å². The van der Waals surface area contributed by atoms with Crippen molar-refractivity contribution in [1.82, 2.24) is 14.9 Å². The first-order chi connectivity index (χ1) is 13.7. The summed E-state index contributed by atoms with van der Waals surface area (Å²) in [6, 6.07) is 12.2. The zero-order valence-electron chi connectivity index (χ0n) is 16.7. The smallest absolute Gasteiger partial charge is 0.272 e. The number of para-hydroxylation sites is 1. The summed E-state index contributed by atoms with van der Waals surface area (Å²) in [6.07, 6.45) is 4.86. The molecule has 2 saturated heterocycles. The van der Waals surface area contributed by atoms with Gasteiger partial charge in [-0.2, -0.15) is 0 Å². The van der Waals surface area contributed by atoms with Crippen LogP contribution in [0.25, 0.3) is 0 Å². The van der Waals surface area contributed by atoms with Gasteiger partial charge in [-0.1, -0.05) is 31.0 Å². The summed E-state index contributed by atoms with van der Waals surface area (Å²) in [5, 5.41) is 0. The van der Waals surface area contributed by atoms with Crippen LogP contribution in [-0.4, -0.2) is 60.0 Å². The quantitative estimate of drug-likeness (QED) is 0.820. The third-order valence-corrected chi connectivity index (χ3v) is 5.64. The zero-order valence-corrected chi connectivity index (χ0v) is 16.7. The fraction of sp³-hybridized carbons (Fsp3) is 0.500. The van der Waals surface area contributed by atoms with Crippen molar-refractivity contribution < 1.29 is 4.79 Å². The molecule has 1 aromatic heterocycles. The van der Waals surface area contributed by atoms with E-state index in [4.69, 9.17) is 0 Å². The highest BCUT2D eigenvalue weighted by atomic mass is 16.2. The number of carbonyl (C=O) groups excluding carboxylic acids is 1. The van der Waals surface area contributed by atoms with E-state index in [0.717, 1.165) is 45.0 Å². The number of piperazine rings is 1. The van der Waals surface area contributed by atoms with Crippen LogP contribution in [-0.2, 0) is 0 Å². The lowest BCUT2D eigenvalue weighted by atomic mass is 10.2. The molecule has 6 nitrogen and oxygen atoms in total. The van der Waals surface area contributed by atoms with Crippen LogP contribution in [0, 0.1) is 6.92 Å². The van der Waals surface area contributed by atoms with Crippen molar-refractivity contribution in [2.45, 2.75) is 32.6 Å². The Morgan fingerprint density at radius 1 is 0.821 bits per heavy atom. The van der Waals surface area contributed by atoms with Gasteiger partial charge in [0.05, 0.1) is 0 Å². The van der Waals surface area contributed by atoms with Crippen LogP contribution in [0.2, 0.25) is 0 Å². The van der Waals surface area contributed by atoms with E-state index >= 15 is 0 Å². The molecule has 0 saturated carbocycles. The minimum absolute atomic E-state index is 0.0225. The number of aromatic nitrogens is 2. The minimum Gasteiger partial charge on any atom is -0.368 e. The second kappa shape index (κ2) is 8.59. The molecule has 4 rings (SSSR count). The number of hydrogen-bond acceptors (Lipinski definition) is 5. The van der Waals surface area contributed by atoms with Gasteiger partial charge < -0.3 is 14.7 Å². The SMILES string of the molecule is Cc1cc(C(=O)N2CCN(c3ccccc3)CC2)nc(N2CCCCCC2)n1. The monoisotopic (exact) mass is 379 g/mol. The van der Waals surface area contributed by atoms with Crippen molar-refractivity contribution in [1.29, 1.82) is 0 Å². The summed E-state index contributed by atoms with van der Waals surface area (Å²) >= 11 is 0. The molecule has 1 aromatic carbocycles. The van der Waals surface area contributed by atoms with Gasteiger partial charge in [0, 0.05) is 50.6 Å². The first kappa shape index (κ1) is 18.7. The van der Waals surface area contributed by atoms with Crippen molar-refractivity contribution in [2.75, 3.05) is 49.1 Å². The van der Waals surface area contributed by atoms with Gasteiger partial charge in [-0.15, -0.1) is 0 Å². The Labute approximate surface area is 167 Å². The molecule has 2 fully saturated rings. The number of hydrogen-bond donors (Lipinski definition) is 0. The van der Waals surface area contributed by atoms with Crippen molar-refractivity contribution >= 4 is 17.5 Å². The Kier molecular flexibility index (Phi) is 5.74. The Bertz CT molecular complexity index is 794. The first-order valence-corrected chi connectivity index (χ1v) is 10.4. The van der Waals surface area contributed by atoms with Crippen molar-refractivity contribution in [2.24, 2.45) is 0 Å². The molecule has 148 valence electrons. The molecular weight excluding hydrogens is 350 g/mol. The van der Waals surface area contributed by atoms with E-state index in [1.165, 1.54) is 31.4 Å². The maximum Gasteiger partial charge on any atom is 0.272 e. The number of aryl methyl sites for hydroxylation is 1. The van der Waals surface area contributed by atoms with Crippen molar-refractivity contribution in [3.8, 4) is 0 Å². The number of carbonyl (C=O) groups is 1. The highest BCUT2D eigenvalue weighted by molar-refractivity contribution is 5.93. The largest absolute Gasteiger partial charge is 0.368 e. The Balaban J connectivity index is 1.45. The lowest BCUT2D eigenvalue weighted by molar-refractivity contribution is 0.0740. The molecule has 6 heteroatoms. The fourth-order valence-corrected chi connectivity index (χ4v) is 4.04. The minimum atomic E-state index is 0.0225. The molecule has 2 aliphatic rings. The molecule has 1 amide bonds. The van der Waals surface area contributed by atoms with Gasteiger partial charge in [0.2, 0.25) is 5.95 Å². The summed E-state index contributed by atoms with van der Waals surface area (Å²) in [5.41, 5.74) is 2.61. The molecule has 0 radical (unpaired) electrons. The topological polar surface area (TPSA) is 52.6 Å². The van der Waals surface area contributed by atoms with Crippen LogP contribution in [0.4, 0.5) is 11.6 Å². The first-order valence-electron chi connectivity index (χ1n) is 10.4. The van der Waals surface area contributed by atoms with E-state index in [0.29, 0.717) is 11.6 Å². The average Bonchev–Trinajstić information content (AvgIpc) is 3.03. The van der Waals surface area contributed by atoms with Gasteiger partial charge in [0.15, 0.2) is 0 Å². The van der Waals surface area contributed by atoms with Gasteiger partial charge >= 0.3 is 0 Å². The molecule has 0 bridgehead atoms. The number of benzene rings is 1. The number of anilines is 2. The lowest BCUT2D eigenvalue weighted by Crippen LogP contribution is -2.49. The Morgan fingerprint density at radius 2 is 1.50 bits per heavy atom. The molecule has 0 N–H and O–H groups in total. The lowest BCUT2D eigenvalue weighted by Gasteiger charge is -2.36. The third-order valence-electron chi connectivity index (χ3n) is 5.64. The number of nitrogens with zero attached hydrogens (tertiary/aromatic N) is 5. The van der Waals surface area contributed by atoms with Crippen molar-refractivity contribution in [3.05, 3.63) is 47.8 Å². The second-order valence-corrected chi connectivity index (χ2v) is 7.71. The fourth-order valence-electron chi connectivity index (χ4n) is 4.04. The standard InChI is InChI=1S/C22H29N5O/c1-18-17-20(24-22(23-18)27-11-7-2-3-8-12-27)21(28)26-15-13-25(14-16-26)19-9-5-4-6-10-19/h4-6,9-10,17H,2-3,7-8,11-16H2,1H3. The maximum absolute atomic E-state index is 13.1. The van der Waals surface area contributed by atoms with Crippen LogP contribution in [0.3, 0.4) is 0 Å². The van der Waals surface area contributed by atoms with Crippen LogP contribution in [0.1, 0.15) is 41.9 Å². The van der Waals surface area contributed by atoms with Gasteiger partial charge in [0.25, 0.3) is 5.91 Å². The van der Waals surface area contributed by atoms with E-state index in [1.54, 1.807) is 0 Å². The number of rotatable bonds is 3. The van der Waals surface area contributed by atoms with E-state index < -0.39 is 0 Å². The van der Waals surface area contributed by atoms with Crippen molar-refractivity contribution in [3.63, 3.8) is 0 Å². The normalized spacial score (nSPS) is 18.1. The molecule has 2 aliphatic heterocycles. The van der Waals surface area contributed by atoms with Crippen LogP contribution >= 0.6 is 0 Å². The van der Waals surface area contributed by atoms with E-state index in [-0.39, 0.29) is 5.91 Å². The summed E-state index contributed by atoms with van der Waals surface area (Å²) in [4.78, 5) is 28.9. The average molecular weight is 380 g/mol. The van der Waals surface area contributed by atoms with E-state index in [2.05, 4.69) is 44.0 Å². The van der Waals surface area contributed by atoms with Gasteiger partial charge in [0.1, 0.15) is 5.69 Å². The summed E-state index contributed by atoms with van der Waals surface area (Å²) in [7, 11) is 0.